The lowest BCUT2D eigenvalue weighted by Gasteiger charge is -2.31. The molecule has 1 aliphatic heterocycles. The number of hydrogen-bond donors (Lipinski definition) is 0. The van der Waals surface area contributed by atoms with Crippen LogP contribution >= 0.6 is 0 Å². The average Bonchev–Trinajstić information content (AvgIpc) is 3.15. The van der Waals surface area contributed by atoms with Crippen molar-refractivity contribution >= 4 is 5.69 Å². The molecule has 0 bridgehead atoms. The topological polar surface area (TPSA) is 69.8 Å². The number of fused-ring (bicyclic) bond motifs is 1. The highest BCUT2D eigenvalue weighted by Gasteiger charge is 2.28. The van der Waals surface area contributed by atoms with E-state index in [0.717, 1.165) is 37.2 Å². The van der Waals surface area contributed by atoms with Crippen LogP contribution in [0.15, 0.2) is 60.8 Å². The van der Waals surface area contributed by atoms with Crippen LogP contribution in [-0.4, -0.2) is 35.2 Å². The van der Waals surface area contributed by atoms with Gasteiger partial charge in [0.1, 0.15) is 0 Å². The summed E-state index contributed by atoms with van der Waals surface area (Å²) >= 11 is 0. The van der Waals surface area contributed by atoms with Gasteiger partial charge >= 0.3 is 0 Å². The molecule has 2 aromatic carbocycles. The van der Waals surface area contributed by atoms with Crippen LogP contribution in [0.4, 0.5) is 5.69 Å². The number of nitrogens with zero attached hydrogens (tertiary/aromatic N) is 3. The number of hydrogen-bond acceptors (Lipinski definition) is 5. The van der Waals surface area contributed by atoms with Gasteiger partial charge in [0.25, 0.3) is 5.69 Å². The van der Waals surface area contributed by atoms with Gasteiger partial charge in [-0.2, -0.15) is 0 Å². The first kappa shape index (κ1) is 20.0. The highest BCUT2D eigenvalue weighted by molar-refractivity contribution is 5.43. The third-order valence-corrected chi connectivity index (χ3v) is 5.61. The largest absolute Gasteiger partial charge is 0.493 e. The third-order valence-electron chi connectivity index (χ3n) is 5.61. The first-order valence-corrected chi connectivity index (χ1v) is 9.95. The van der Waals surface area contributed by atoms with E-state index in [2.05, 4.69) is 33.9 Å². The number of ether oxygens (including phenoxy) is 2. The Kier molecular flexibility index (Phi) is 5.72. The average molecular weight is 407 g/mol. The maximum absolute atomic E-state index is 11.1. The van der Waals surface area contributed by atoms with Crippen LogP contribution in [0.2, 0.25) is 0 Å². The molecule has 0 radical (unpaired) electrons. The van der Waals surface area contributed by atoms with Gasteiger partial charge in [-0.15, -0.1) is 0 Å². The molecule has 7 heteroatoms. The van der Waals surface area contributed by atoms with Gasteiger partial charge in [0.15, 0.2) is 11.5 Å². The second kappa shape index (κ2) is 8.59. The minimum absolute atomic E-state index is 0.0106. The number of rotatable bonds is 6. The van der Waals surface area contributed by atoms with E-state index in [9.17, 15) is 10.1 Å². The fourth-order valence-corrected chi connectivity index (χ4v) is 4.18. The molecule has 2 heterocycles. The van der Waals surface area contributed by atoms with E-state index < -0.39 is 0 Å². The van der Waals surface area contributed by atoms with Gasteiger partial charge in [-0.05, 0) is 41.8 Å². The summed E-state index contributed by atoms with van der Waals surface area (Å²) in [6, 6.07) is 17.1. The van der Waals surface area contributed by atoms with Gasteiger partial charge in [-0.3, -0.25) is 15.0 Å². The third kappa shape index (κ3) is 3.89. The molecule has 1 unspecified atom stereocenters. The van der Waals surface area contributed by atoms with E-state index in [-0.39, 0.29) is 16.7 Å². The quantitative estimate of drug-likeness (QED) is 0.447. The first-order chi connectivity index (χ1) is 14.6. The maximum Gasteiger partial charge on any atom is 0.269 e. The van der Waals surface area contributed by atoms with E-state index >= 15 is 0 Å². The van der Waals surface area contributed by atoms with Crippen LogP contribution in [0.25, 0.3) is 0 Å². The molecule has 0 saturated carbocycles. The van der Waals surface area contributed by atoms with E-state index in [1.54, 1.807) is 26.4 Å². The number of nitro benzene ring substituents is 1. The lowest BCUT2D eigenvalue weighted by atomic mass is 10.0. The monoisotopic (exact) mass is 407 g/mol. The Bertz CT molecular complexity index is 1030. The standard InChI is InChI=1S/C23H25N3O4/c1-29-21-11-6-17(15-22(21)30-2)16-25-14-4-13-24-12-3-5-20(24)23(25)18-7-9-19(10-8-18)26(27)28/h3,5-12,15,23H,4,13-14,16H2,1-2H3. The molecular weight excluding hydrogens is 382 g/mol. The molecule has 0 fully saturated rings. The van der Waals surface area contributed by atoms with Crippen molar-refractivity contribution in [3.05, 3.63) is 87.7 Å². The Hall–Kier alpha value is -3.32. The summed E-state index contributed by atoms with van der Waals surface area (Å²) in [7, 11) is 3.27. The van der Waals surface area contributed by atoms with Gasteiger partial charge in [-0.1, -0.05) is 18.2 Å². The zero-order valence-electron chi connectivity index (χ0n) is 17.2. The predicted molar refractivity (Wildman–Crippen MR) is 114 cm³/mol. The molecule has 156 valence electrons. The summed E-state index contributed by atoms with van der Waals surface area (Å²) in [6.45, 7) is 2.60. The Morgan fingerprint density at radius 2 is 1.80 bits per heavy atom. The van der Waals surface area contributed by atoms with Gasteiger partial charge in [0, 0.05) is 43.7 Å². The van der Waals surface area contributed by atoms with E-state index in [1.807, 2.05) is 24.3 Å². The summed E-state index contributed by atoms with van der Waals surface area (Å²) in [6.07, 6.45) is 3.13. The minimum atomic E-state index is -0.360. The van der Waals surface area contributed by atoms with Crippen molar-refractivity contribution in [2.75, 3.05) is 20.8 Å². The van der Waals surface area contributed by atoms with Crippen molar-refractivity contribution in [3.8, 4) is 11.5 Å². The Labute approximate surface area is 175 Å². The number of aromatic nitrogens is 1. The lowest BCUT2D eigenvalue weighted by molar-refractivity contribution is -0.384. The molecule has 1 aromatic heterocycles. The molecular formula is C23H25N3O4. The molecule has 3 aromatic rings. The SMILES string of the molecule is COc1ccc(CN2CCCn3cccc3C2c2ccc([N+](=O)[O-])cc2)cc1OC. The number of methoxy groups -OCH3 is 2. The summed E-state index contributed by atoms with van der Waals surface area (Å²) in [5.74, 6) is 1.41. The Balaban J connectivity index is 1.70. The smallest absolute Gasteiger partial charge is 0.269 e. The van der Waals surface area contributed by atoms with Crippen LogP contribution in [-0.2, 0) is 13.1 Å². The second-order valence-electron chi connectivity index (χ2n) is 7.39. The highest BCUT2D eigenvalue weighted by atomic mass is 16.6. The van der Waals surface area contributed by atoms with Crippen LogP contribution in [0.1, 0.15) is 29.3 Å². The first-order valence-electron chi connectivity index (χ1n) is 9.95. The molecule has 0 amide bonds. The number of nitro groups is 1. The number of aryl methyl sites for hydroxylation is 1. The lowest BCUT2D eigenvalue weighted by Crippen LogP contribution is -2.29. The summed E-state index contributed by atoms with van der Waals surface area (Å²) < 4.78 is 13.1. The normalized spacial score (nSPS) is 16.5. The molecule has 30 heavy (non-hydrogen) atoms. The van der Waals surface area contributed by atoms with E-state index in [0.29, 0.717) is 11.5 Å². The van der Waals surface area contributed by atoms with Crippen molar-refractivity contribution < 1.29 is 14.4 Å². The summed E-state index contributed by atoms with van der Waals surface area (Å²) in [5.41, 5.74) is 3.47. The zero-order chi connectivity index (χ0) is 21.1. The van der Waals surface area contributed by atoms with Crippen LogP contribution in [0.3, 0.4) is 0 Å². The van der Waals surface area contributed by atoms with Crippen molar-refractivity contribution in [2.24, 2.45) is 0 Å². The molecule has 0 N–H and O–H groups in total. The molecule has 0 aliphatic carbocycles. The fraction of sp³-hybridized carbons (Fsp3) is 0.304. The van der Waals surface area contributed by atoms with Gasteiger partial charge in [-0.25, -0.2) is 0 Å². The Morgan fingerprint density at radius 1 is 1.03 bits per heavy atom. The number of benzene rings is 2. The van der Waals surface area contributed by atoms with E-state index in [4.69, 9.17) is 9.47 Å². The van der Waals surface area contributed by atoms with Gasteiger partial charge < -0.3 is 14.0 Å². The van der Waals surface area contributed by atoms with Crippen molar-refractivity contribution in [1.82, 2.24) is 9.47 Å². The summed E-state index contributed by atoms with van der Waals surface area (Å²) in [4.78, 5) is 13.1. The van der Waals surface area contributed by atoms with Gasteiger partial charge in [0.2, 0.25) is 0 Å². The van der Waals surface area contributed by atoms with Crippen LogP contribution in [0, 0.1) is 10.1 Å². The van der Waals surface area contributed by atoms with Crippen molar-refractivity contribution in [3.63, 3.8) is 0 Å². The minimum Gasteiger partial charge on any atom is -0.493 e. The number of non-ortho nitro benzene ring substituents is 1. The van der Waals surface area contributed by atoms with Crippen LogP contribution in [0.5, 0.6) is 11.5 Å². The highest BCUT2D eigenvalue weighted by Crippen LogP contribution is 2.35. The molecule has 7 nitrogen and oxygen atoms in total. The Morgan fingerprint density at radius 3 is 2.50 bits per heavy atom. The molecule has 1 atom stereocenters. The van der Waals surface area contributed by atoms with Crippen molar-refractivity contribution in [2.45, 2.75) is 25.6 Å². The van der Waals surface area contributed by atoms with Gasteiger partial charge in [0.05, 0.1) is 25.2 Å². The maximum atomic E-state index is 11.1. The molecule has 0 spiro atoms. The molecule has 0 saturated heterocycles. The molecule has 1 aliphatic rings. The fourth-order valence-electron chi connectivity index (χ4n) is 4.18. The molecule has 4 rings (SSSR count). The second-order valence-corrected chi connectivity index (χ2v) is 7.39. The summed E-state index contributed by atoms with van der Waals surface area (Å²) in [5, 5.41) is 11.1. The van der Waals surface area contributed by atoms with Crippen molar-refractivity contribution in [1.29, 1.82) is 0 Å². The zero-order valence-corrected chi connectivity index (χ0v) is 17.2. The predicted octanol–water partition coefficient (Wildman–Crippen LogP) is 4.41. The van der Waals surface area contributed by atoms with E-state index in [1.165, 1.54) is 5.69 Å². The van der Waals surface area contributed by atoms with Crippen LogP contribution < -0.4 is 9.47 Å².